The molecule has 0 aliphatic carbocycles. The van der Waals surface area contributed by atoms with E-state index in [2.05, 4.69) is 5.32 Å². The number of sulfone groups is 1. The number of nitro benzene ring substituents is 1. The zero-order valence-corrected chi connectivity index (χ0v) is 14.5. The second kappa shape index (κ2) is 7.31. The zero-order valence-electron chi connectivity index (χ0n) is 13.7. The first-order valence-corrected chi connectivity index (χ1v) is 9.13. The van der Waals surface area contributed by atoms with Crippen molar-refractivity contribution in [2.24, 2.45) is 0 Å². The summed E-state index contributed by atoms with van der Waals surface area (Å²) >= 11 is 0. The van der Waals surface area contributed by atoms with E-state index >= 15 is 0 Å². The minimum atomic E-state index is -3.78. The van der Waals surface area contributed by atoms with Gasteiger partial charge >= 0.3 is 5.69 Å². The second-order valence-corrected chi connectivity index (χ2v) is 7.41. The Kier molecular flexibility index (Phi) is 5.38. The van der Waals surface area contributed by atoms with E-state index in [9.17, 15) is 23.3 Å². The number of anilines is 2. The van der Waals surface area contributed by atoms with Gasteiger partial charge in [-0.25, -0.2) is 8.42 Å². The van der Waals surface area contributed by atoms with Crippen molar-refractivity contribution in [1.82, 2.24) is 0 Å². The van der Waals surface area contributed by atoms with Crippen LogP contribution in [0.2, 0.25) is 0 Å². The highest BCUT2D eigenvalue weighted by atomic mass is 32.2. The van der Waals surface area contributed by atoms with Gasteiger partial charge < -0.3 is 10.2 Å². The third-order valence-corrected chi connectivity index (χ3v) is 4.54. The number of nitrogens with zero attached hydrogens (tertiary/aromatic N) is 2. The second-order valence-electron chi connectivity index (χ2n) is 5.42. The van der Waals surface area contributed by atoms with E-state index in [-0.39, 0.29) is 23.0 Å². The van der Waals surface area contributed by atoms with E-state index in [4.69, 9.17) is 0 Å². The summed E-state index contributed by atoms with van der Waals surface area (Å²) in [7, 11) is -2.30. The van der Waals surface area contributed by atoms with Crippen molar-refractivity contribution in [1.29, 1.82) is 0 Å². The average Bonchev–Trinajstić information content (AvgIpc) is 2.54. The van der Waals surface area contributed by atoms with Crippen molar-refractivity contribution in [2.75, 3.05) is 30.1 Å². The Balaban J connectivity index is 2.28. The molecule has 2 rings (SSSR count). The Bertz CT molecular complexity index is 897. The van der Waals surface area contributed by atoms with Gasteiger partial charge in [0.2, 0.25) is 5.91 Å². The van der Waals surface area contributed by atoms with Crippen LogP contribution in [0.1, 0.15) is 0 Å². The third-order valence-electron chi connectivity index (χ3n) is 3.41. The minimum absolute atomic E-state index is 0.0520. The molecule has 0 aromatic heterocycles. The first-order chi connectivity index (χ1) is 11.7. The average molecular weight is 363 g/mol. The van der Waals surface area contributed by atoms with Gasteiger partial charge in [-0.2, -0.15) is 0 Å². The molecule has 1 N–H and O–H groups in total. The molecule has 0 saturated carbocycles. The maximum absolute atomic E-state index is 12.1. The fourth-order valence-electron chi connectivity index (χ4n) is 2.32. The standard InChI is InChI=1S/C16H17N3O5S/c1-18(11-15(20)17-12-7-4-3-5-8-12)13-9-6-10-14(25(2,23)24)16(13)19(21)22/h3-10H,11H2,1-2H3,(H,17,20). The first kappa shape index (κ1) is 18.4. The quantitative estimate of drug-likeness (QED) is 0.621. The number of likely N-dealkylation sites (N-methyl/N-ethyl adjacent to an activating group) is 1. The van der Waals surface area contributed by atoms with Crippen molar-refractivity contribution in [3.05, 3.63) is 58.6 Å². The Hall–Kier alpha value is -2.94. The predicted octanol–water partition coefficient (Wildman–Crippen LogP) is 2.07. The molecule has 2 aromatic rings. The summed E-state index contributed by atoms with van der Waals surface area (Å²) in [5, 5.41) is 14.1. The van der Waals surface area contributed by atoms with Crippen LogP contribution in [0.3, 0.4) is 0 Å². The largest absolute Gasteiger partial charge is 0.360 e. The lowest BCUT2D eigenvalue weighted by atomic mass is 10.2. The van der Waals surface area contributed by atoms with Crippen LogP contribution in [0.15, 0.2) is 53.4 Å². The number of nitro groups is 1. The Morgan fingerprint density at radius 3 is 2.36 bits per heavy atom. The van der Waals surface area contributed by atoms with Crippen molar-refractivity contribution < 1.29 is 18.1 Å². The Morgan fingerprint density at radius 2 is 1.80 bits per heavy atom. The highest BCUT2D eigenvalue weighted by Gasteiger charge is 2.28. The number of benzene rings is 2. The van der Waals surface area contributed by atoms with Crippen molar-refractivity contribution in [3.8, 4) is 0 Å². The highest BCUT2D eigenvalue weighted by Crippen LogP contribution is 2.33. The molecule has 0 saturated heterocycles. The van der Waals surface area contributed by atoms with Gasteiger partial charge in [-0.15, -0.1) is 0 Å². The molecule has 8 nitrogen and oxygen atoms in total. The lowest BCUT2D eigenvalue weighted by Gasteiger charge is -2.19. The molecular weight excluding hydrogens is 346 g/mol. The smallest absolute Gasteiger partial charge is 0.311 e. The van der Waals surface area contributed by atoms with E-state index < -0.39 is 20.4 Å². The summed E-state index contributed by atoms with van der Waals surface area (Å²) in [6.45, 7) is -0.178. The fourth-order valence-corrected chi connectivity index (χ4v) is 3.18. The number of nitrogens with one attached hydrogen (secondary N) is 1. The molecule has 0 atom stereocenters. The number of rotatable bonds is 6. The van der Waals surface area contributed by atoms with Crippen LogP contribution in [0, 0.1) is 10.1 Å². The summed E-state index contributed by atoms with van der Waals surface area (Å²) in [4.78, 5) is 23.7. The van der Waals surface area contributed by atoms with Crippen molar-refractivity contribution in [3.63, 3.8) is 0 Å². The van der Waals surface area contributed by atoms with E-state index in [0.29, 0.717) is 5.69 Å². The molecule has 0 spiro atoms. The molecule has 0 aliphatic rings. The molecular formula is C16H17N3O5S. The molecule has 0 heterocycles. The summed E-state index contributed by atoms with van der Waals surface area (Å²) < 4.78 is 23.6. The number of amides is 1. The van der Waals surface area contributed by atoms with E-state index in [1.54, 1.807) is 24.3 Å². The summed E-state index contributed by atoms with van der Waals surface area (Å²) in [5.74, 6) is -0.382. The van der Waals surface area contributed by atoms with Gasteiger partial charge in [-0.05, 0) is 24.3 Å². The normalized spacial score (nSPS) is 11.0. The van der Waals surface area contributed by atoms with Gasteiger partial charge in [0, 0.05) is 19.0 Å². The molecule has 0 unspecified atom stereocenters. The number of para-hydroxylation sites is 2. The van der Waals surface area contributed by atoms with Gasteiger partial charge in [0.1, 0.15) is 10.6 Å². The summed E-state index contributed by atoms with van der Waals surface area (Å²) in [6.07, 6.45) is 0.904. The molecule has 2 aromatic carbocycles. The minimum Gasteiger partial charge on any atom is -0.360 e. The maximum Gasteiger partial charge on any atom is 0.311 e. The maximum atomic E-state index is 12.1. The lowest BCUT2D eigenvalue weighted by Crippen LogP contribution is -2.30. The molecule has 9 heteroatoms. The Morgan fingerprint density at radius 1 is 1.16 bits per heavy atom. The van der Waals surface area contributed by atoms with Crippen LogP contribution < -0.4 is 10.2 Å². The van der Waals surface area contributed by atoms with E-state index in [1.807, 2.05) is 6.07 Å². The molecule has 0 aliphatic heterocycles. The molecule has 0 radical (unpaired) electrons. The van der Waals surface area contributed by atoms with Crippen LogP contribution in [-0.4, -0.2) is 39.1 Å². The van der Waals surface area contributed by atoms with Gasteiger partial charge in [0.15, 0.2) is 9.84 Å². The SMILES string of the molecule is CN(CC(=O)Nc1ccccc1)c1cccc(S(C)(=O)=O)c1[N+](=O)[O-]. The van der Waals surface area contributed by atoms with Gasteiger partial charge in [0.25, 0.3) is 0 Å². The highest BCUT2D eigenvalue weighted by molar-refractivity contribution is 7.90. The van der Waals surface area contributed by atoms with Gasteiger partial charge in [-0.3, -0.25) is 14.9 Å². The molecule has 25 heavy (non-hydrogen) atoms. The number of carbonyl (C=O) groups is 1. The topological polar surface area (TPSA) is 110 Å². The first-order valence-electron chi connectivity index (χ1n) is 7.23. The van der Waals surface area contributed by atoms with Crippen LogP contribution in [0.4, 0.5) is 17.1 Å². The molecule has 0 bridgehead atoms. The Labute approximate surface area is 145 Å². The van der Waals surface area contributed by atoms with E-state index in [0.717, 1.165) is 6.26 Å². The van der Waals surface area contributed by atoms with Gasteiger partial charge in [-0.1, -0.05) is 24.3 Å². The van der Waals surface area contributed by atoms with Crippen LogP contribution in [0.5, 0.6) is 0 Å². The van der Waals surface area contributed by atoms with Crippen molar-refractivity contribution in [2.45, 2.75) is 4.90 Å². The number of carbonyl (C=O) groups excluding carboxylic acids is 1. The molecule has 1 amide bonds. The summed E-state index contributed by atoms with van der Waals surface area (Å²) in [5.41, 5.74) is 0.108. The fraction of sp³-hybridized carbons (Fsp3) is 0.188. The van der Waals surface area contributed by atoms with Crippen LogP contribution in [0.25, 0.3) is 0 Å². The summed E-state index contributed by atoms with van der Waals surface area (Å²) in [6, 6.07) is 12.7. The zero-order chi connectivity index (χ0) is 18.6. The monoisotopic (exact) mass is 363 g/mol. The number of hydrogen-bond donors (Lipinski definition) is 1. The lowest BCUT2D eigenvalue weighted by molar-refractivity contribution is -0.387. The van der Waals surface area contributed by atoms with E-state index in [1.165, 1.54) is 30.1 Å². The molecule has 0 fully saturated rings. The molecule has 132 valence electrons. The van der Waals surface area contributed by atoms with Gasteiger partial charge in [0.05, 0.1) is 11.5 Å². The third kappa shape index (κ3) is 4.54. The number of hydrogen-bond acceptors (Lipinski definition) is 6. The van der Waals surface area contributed by atoms with Crippen molar-refractivity contribution >= 4 is 32.8 Å². The predicted molar refractivity (Wildman–Crippen MR) is 94.5 cm³/mol. The van der Waals surface area contributed by atoms with Crippen LogP contribution >= 0.6 is 0 Å². The van der Waals surface area contributed by atoms with Crippen LogP contribution in [-0.2, 0) is 14.6 Å².